The lowest BCUT2D eigenvalue weighted by Crippen LogP contribution is -2.42. The van der Waals surface area contributed by atoms with Crippen molar-refractivity contribution < 1.29 is 14.3 Å². The van der Waals surface area contributed by atoms with E-state index in [4.69, 9.17) is 4.74 Å². The number of carbonyl (C=O) groups excluding carboxylic acids is 2. The van der Waals surface area contributed by atoms with Gasteiger partial charge in [-0.1, -0.05) is 18.2 Å². The fraction of sp³-hybridized carbons (Fsp3) is 0.435. The van der Waals surface area contributed by atoms with Crippen molar-refractivity contribution in [1.29, 1.82) is 0 Å². The van der Waals surface area contributed by atoms with Crippen LogP contribution < -0.4 is 4.74 Å². The molecule has 1 saturated heterocycles. The first kappa shape index (κ1) is 21.8. The van der Waals surface area contributed by atoms with E-state index in [-0.39, 0.29) is 11.8 Å². The van der Waals surface area contributed by atoms with Crippen molar-refractivity contribution in [3.63, 3.8) is 0 Å². The second kappa shape index (κ2) is 10.7. The van der Waals surface area contributed by atoms with Crippen LogP contribution >= 0.6 is 0 Å². The highest BCUT2D eigenvalue weighted by Crippen LogP contribution is 2.24. The van der Waals surface area contributed by atoms with E-state index >= 15 is 0 Å². The molecule has 0 spiro atoms. The van der Waals surface area contributed by atoms with Crippen molar-refractivity contribution in [3.8, 4) is 11.6 Å². The topological polar surface area (TPSA) is 66.0 Å². The third kappa shape index (κ3) is 5.57. The van der Waals surface area contributed by atoms with Gasteiger partial charge < -0.3 is 14.5 Å². The van der Waals surface area contributed by atoms with Crippen LogP contribution in [0.4, 0.5) is 0 Å². The van der Waals surface area contributed by atoms with Gasteiger partial charge in [0, 0.05) is 45.5 Å². The maximum Gasteiger partial charge on any atom is 0.259 e. The Morgan fingerprint density at radius 3 is 2.50 bits per heavy atom. The quantitative estimate of drug-likeness (QED) is 0.702. The van der Waals surface area contributed by atoms with Gasteiger partial charge in [-0.15, -0.1) is 0 Å². The molecule has 30 heavy (non-hydrogen) atoms. The van der Waals surface area contributed by atoms with E-state index in [9.17, 15) is 9.59 Å². The SMILES string of the molecule is CCN(CC)C(=O)CN1CCCN(C(=O)c2cccnc2Oc2ccccc2)CC1. The maximum absolute atomic E-state index is 13.2. The van der Waals surface area contributed by atoms with Crippen molar-refractivity contribution in [2.45, 2.75) is 20.3 Å². The highest BCUT2D eigenvalue weighted by molar-refractivity contribution is 5.96. The molecule has 0 aliphatic carbocycles. The van der Waals surface area contributed by atoms with Gasteiger partial charge in [0.1, 0.15) is 11.3 Å². The van der Waals surface area contributed by atoms with Crippen LogP contribution in [0.5, 0.6) is 11.6 Å². The standard InChI is InChI=1S/C23H30N4O3/c1-3-26(4-2)21(28)18-25-14-9-15-27(17-16-25)23(29)20-12-8-13-24-22(20)30-19-10-6-5-7-11-19/h5-8,10-13H,3-4,9,14-18H2,1-2H3. The normalized spacial score (nSPS) is 14.8. The van der Waals surface area contributed by atoms with Crippen molar-refractivity contribution in [2.75, 3.05) is 45.8 Å². The zero-order valence-electron chi connectivity index (χ0n) is 17.8. The van der Waals surface area contributed by atoms with Gasteiger partial charge in [-0.05, 0) is 44.5 Å². The Morgan fingerprint density at radius 2 is 1.77 bits per heavy atom. The molecular weight excluding hydrogens is 380 g/mol. The van der Waals surface area contributed by atoms with Crippen molar-refractivity contribution in [1.82, 2.24) is 19.7 Å². The number of hydrogen-bond acceptors (Lipinski definition) is 5. The average molecular weight is 411 g/mol. The number of pyridine rings is 1. The number of benzene rings is 1. The molecule has 160 valence electrons. The van der Waals surface area contributed by atoms with E-state index in [1.54, 1.807) is 18.3 Å². The van der Waals surface area contributed by atoms with Gasteiger partial charge >= 0.3 is 0 Å². The molecule has 0 radical (unpaired) electrons. The Kier molecular flexibility index (Phi) is 7.79. The monoisotopic (exact) mass is 410 g/mol. The molecule has 2 amide bonds. The summed E-state index contributed by atoms with van der Waals surface area (Å²) in [6.45, 7) is 8.53. The lowest BCUT2D eigenvalue weighted by molar-refractivity contribution is -0.132. The summed E-state index contributed by atoms with van der Waals surface area (Å²) < 4.78 is 5.86. The van der Waals surface area contributed by atoms with E-state index < -0.39 is 0 Å². The van der Waals surface area contributed by atoms with Crippen LogP contribution in [0.3, 0.4) is 0 Å². The summed E-state index contributed by atoms with van der Waals surface area (Å²) in [6.07, 6.45) is 2.45. The third-order valence-corrected chi connectivity index (χ3v) is 5.31. The molecule has 0 bridgehead atoms. The molecule has 3 rings (SSSR count). The van der Waals surface area contributed by atoms with Crippen LogP contribution in [0.2, 0.25) is 0 Å². The minimum Gasteiger partial charge on any atom is -0.438 e. The van der Waals surface area contributed by atoms with Gasteiger partial charge in [0.25, 0.3) is 5.91 Å². The van der Waals surface area contributed by atoms with E-state index in [0.29, 0.717) is 43.4 Å². The number of aromatic nitrogens is 1. The third-order valence-electron chi connectivity index (χ3n) is 5.31. The Labute approximate surface area is 178 Å². The lowest BCUT2D eigenvalue weighted by atomic mass is 10.2. The number of para-hydroxylation sites is 1. The number of amides is 2. The minimum absolute atomic E-state index is 0.0917. The van der Waals surface area contributed by atoms with Gasteiger partial charge in [0.15, 0.2) is 0 Å². The molecule has 0 unspecified atom stereocenters. The summed E-state index contributed by atoms with van der Waals surface area (Å²) in [7, 11) is 0. The minimum atomic E-state index is -0.0917. The highest BCUT2D eigenvalue weighted by atomic mass is 16.5. The summed E-state index contributed by atoms with van der Waals surface area (Å²) in [6, 6.07) is 12.8. The number of nitrogens with zero attached hydrogens (tertiary/aromatic N) is 4. The highest BCUT2D eigenvalue weighted by Gasteiger charge is 2.25. The smallest absolute Gasteiger partial charge is 0.259 e. The molecule has 0 N–H and O–H groups in total. The molecule has 1 aromatic heterocycles. The maximum atomic E-state index is 13.2. The Hall–Kier alpha value is -2.93. The lowest BCUT2D eigenvalue weighted by Gasteiger charge is -2.25. The molecule has 2 aromatic rings. The van der Waals surface area contributed by atoms with Crippen LogP contribution in [-0.4, -0.2) is 77.3 Å². The molecule has 1 aliphatic heterocycles. The second-order valence-corrected chi connectivity index (χ2v) is 7.26. The largest absolute Gasteiger partial charge is 0.438 e. The molecule has 0 atom stereocenters. The van der Waals surface area contributed by atoms with Gasteiger partial charge in [-0.2, -0.15) is 0 Å². The Morgan fingerprint density at radius 1 is 1.00 bits per heavy atom. The number of carbonyl (C=O) groups is 2. The van der Waals surface area contributed by atoms with Crippen molar-refractivity contribution >= 4 is 11.8 Å². The van der Waals surface area contributed by atoms with Crippen molar-refractivity contribution in [2.24, 2.45) is 0 Å². The molecular formula is C23H30N4O3. The summed E-state index contributed by atoms with van der Waals surface area (Å²) in [4.78, 5) is 35.7. The number of rotatable bonds is 7. The van der Waals surface area contributed by atoms with Gasteiger partial charge in [0.2, 0.25) is 11.8 Å². The first-order chi connectivity index (χ1) is 14.6. The summed E-state index contributed by atoms with van der Waals surface area (Å²) >= 11 is 0. The zero-order valence-corrected chi connectivity index (χ0v) is 17.8. The van der Waals surface area contributed by atoms with E-state index in [2.05, 4.69) is 9.88 Å². The predicted molar refractivity (Wildman–Crippen MR) is 116 cm³/mol. The first-order valence-corrected chi connectivity index (χ1v) is 10.6. The van der Waals surface area contributed by atoms with Crippen molar-refractivity contribution in [3.05, 3.63) is 54.2 Å². The molecule has 7 heteroatoms. The van der Waals surface area contributed by atoms with Crippen LogP contribution in [-0.2, 0) is 4.79 Å². The second-order valence-electron chi connectivity index (χ2n) is 7.26. The fourth-order valence-electron chi connectivity index (χ4n) is 3.61. The molecule has 1 aliphatic rings. The van der Waals surface area contributed by atoms with E-state index in [0.717, 1.165) is 26.1 Å². The number of ether oxygens (including phenoxy) is 1. The summed E-state index contributed by atoms with van der Waals surface area (Å²) in [5.41, 5.74) is 0.453. The molecule has 2 heterocycles. The number of likely N-dealkylation sites (N-methyl/N-ethyl adjacent to an activating group) is 1. The van der Waals surface area contributed by atoms with Gasteiger partial charge in [0.05, 0.1) is 6.54 Å². The predicted octanol–water partition coefficient (Wildman–Crippen LogP) is 2.89. The molecule has 0 saturated carbocycles. The molecule has 7 nitrogen and oxygen atoms in total. The first-order valence-electron chi connectivity index (χ1n) is 10.6. The number of hydrogen-bond donors (Lipinski definition) is 0. The Bertz CT molecular complexity index is 839. The average Bonchev–Trinajstić information content (AvgIpc) is 3.01. The van der Waals surface area contributed by atoms with Crippen LogP contribution in [0, 0.1) is 0 Å². The van der Waals surface area contributed by atoms with Gasteiger partial charge in [-0.3, -0.25) is 14.5 Å². The Balaban J connectivity index is 1.65. The zero-order chi connectivity index (χ0) is 21.3. The van der Waals surface area contributed by atoms with E-state index in [1.807, 2.05) is 54.0 Å². The van der Waals surface area contributed by atoms with Gasteiger partial charge in [-0.25, -0.2) is 4.98 Å². The molecule has 1 aromatic carbocycles. The van der Waals surface area contributed by atoms with Crippen LogP contribution in [0.1, 0.15) is 30.6 Å². The van der Waals surface area contributed by atoms with Crippen LogP contribution in [0.25, 0.3) is 0 Å². The summed E-state index contributed by atoms with van der Waals surface area (Å²) in [5.74, 6) is 1.00. The summed E-state index contributed by atoms with van der Waals surface area (Å²) in [5, 5.41) is 0. The van der Waals surface area contributed by atoms with Crippen LogP contribution in [0.15, 0.2) is 48.7 Å². The fourth-order valence-corrected chi connectivity index (χ4v) is 3.61. The molecule has 1 fully saturated rings. The van der Waals surface area contributed by atoms with E-state index in [1.165, 1.54) is 0 Å².